The maximum atomic E-state index is 12.6. The van der Waals surface area contributed by atoms with Crippen LogP contribution >= 0.6 is 11.6 Å². The number of likely N-dealkylation sites (tertiary alicyclic amines) is 1. The van der Waals surface area contributed by atoms with Gasteiger partial charge in [0.25, 0.3) is 5.91 Å². The van der Waals surface area contributed by atoms with E-state index in [0.717, 1.165) is 0 Å². The highest BCUT2D eigenvalue weighted by molar-refractivity contribution is 6.32. The lowest BCUT2D eigenvalue weighted by Gasteiger charge is -2.20. The maximum absolute atomic E-state index is 12.6. The first-order chi connectivity index (χ1) is 11.3. The van der Waals surface area contributed by atoms with Crippen molar-refractivity contribution in [3.05, 3.63) is 28.8 Å². The molecule has 0 aromatic heterocycles. The number of fused-ring (bicyclic) bond motifs is 1. The molecule has 128 valence electrons. The first-order valence-electron chi connectivity index (χ1n) is 7.46. The zero-order chi connectivity index (χ0) is 17.7. The number of hydrogen-bond donors (Lipinski definition) is 2. The standard InChI is InChI=1S/C16H16ClNO6/c1-2-24-11-4-3-9(5-10(11)17)12(19)18-7-15(13(20)21)6-16(15,8-18)14(22)23/h3-5H,2,6-8H2,1H3,(H,20,21)(H,22,23)/t15-,16+. The Morgan fingerprint density at radius 3 is 2.25 bits per heavy atom. The van der Waals surface area contributed by atoms with Gasteiger partial charge in [-0.1, -0.05) is 11.6 Å². The minimum Gasteiger partial charge on any atom is -0.492 e. The van der Waals surface area contributed by atoms with E-state index >= 15 is 0 Å². The van der Waals surface area contributed by atoms with Crippen molar-refractivity contribution in [2.45, 2.75) is 13.3 Å². The van der Waals surface area contributed by atoms with Crippen LogP contribution in [0.4, 0.5) is 0 Å². The molecule has 0 unspecified atom stereocenters. The summed E-state index contributed by atoms with van der Waals surface area (Å²) in [6, 6.07) is 4.54. The fraction of sp³-hybridized carbons (Fsp3) is 0.438. The molecule has 8 heteroatoms. The van der Waals surface area contributed by atoms with Gasteiger partial charge in [0.05, 0.1) is 11.6 Å². The Labute approximate surface area is 142 Å². The second kappa shape index (κ2) is 5.37. The van der Waals surface area contributed by atoms with Crippen molar-refractivity contribution < 1.29 is 29.3 Å². The van der Waals surface area contributed by atoms with Crippen LogP contribution in [0.3, 0.4) is 0 Å². The number of aliphatic carboxylic acids is 2. The predicted molar refractivity (Wildman–Crippen MR) is 83.3 cm³/mol. The molecular formula is C16H16ClNO6. The molecule has 0 bridgehead atoms. The Kier molecular flexibility index (Phi) is 3.71. The number of carbonyl (C=O) groups is 3. The third-order valence-electron chi connectivity index (χ3n) is 4.90. The Balaban J connectivity index is 1.84. The lowest BCUT2D eigenvalue weighted by Crippen LogP contribution is -2.34. The van der Waals surface area contributed by atoms with Crippen molar-refractivity contribution >= 4 is 29.4 Å². The summed E-state index contributed by atoms with van der Waals surface area (Å²) in [5.41, 5.74) is -2.50. The van der Waals surface area contributed by atoms with Gasteiger partial charge in [-0.25, -0.2) is 0 Å². The van der Waals surface area contributed by atoms with E-state index in [1.807, 2.05) is 6.92 Å². The normalized spacial score (nSPS) is 27.5. The average Bonchev–Trinajstić information content (AvgIpc) is 3.07. The van der Waals surface area contributed by atoms with Gasteiger partial charge in [0.1, 0.15) is 16.6 Å². The van der Waals surface area contributed by atoms with Crippen LogP contribution in [0.5, 0.6) is 5.75 Å². The molecule has 1 amide bonds. The van der Waals surface area contributed by atoms with Gasteiger partial charge in [0.15, 0.2) is 0 Å². The molecule has 2 N–H and O–H groups in total. The monoisotopic (exact) mass is 353 g/mol. The van der Waals surface area contributed by atoms with E-state index in [4.69, 9.17) is 16.3 Å². The quantitative estimate of drug-likeness (QED) is 0.835. The van der Waals surface area contributed by atoms with Crippen molar-refractivity contribution in [3.63, 3.8) is 0 Å². The number of hydrogen-bond acceptors (Lipinski definition) is 4. The van der Waals surface area contributed by atoms with Gasteiger partial charge >= 0.3 is 11.9 Å². The van der Waals surface area contributed by atoms with Gasteiger partial charge in [-0.2, -0.15) is 0 Å². The number of halogens is 1. The van der Waals surface area contributed by atoms with Crippen molar-refractivity contribution in [2.75, 3.05) is 19.7 Å². The summed E-state index contributed by atoms with van der Waals surface area (Å²) >= 11 is 6.07. The zero-order valence-electron chi connectivity index (χ0n) is 12.9. The Morgan fingerprint density at radius 2 is 1.79 bits per heavy atom. The molecule has 1 aromatic carbocycles. The summed E-state index contributed by atoms with van der Waals surface area (Å²) in [5.74, 6) is -2.34. The van der Waals surface area contributed by atoms with E-state index < -0.39 is 28.7 Å². The fourth-order valence-electron chi connectivity index (χ4n) is 3.52. The molecule has 1 saturated heterocycles. The van der Waals surface area contributed by atoms with Crippen LogP contribution in [0, 0.1) is 10.8 Å². The number of benzene rings is 1. The molecule has 0 radical (unpaired) electrons. The second-order valence-corrected chi connectivity index (χ2v) is 6.60. The lowest BCUT2D eigenvalue weighted by molar-refractivity contribution is -0.151. The van der Waals surface area contributed by atoms with Gasteiger partial charge in [0, 0.05) is 18.7 Å². The van der Waals surface area contributed by atoms with Gasteiger partial charge in [-0.05, 0) is 31.5 Å². The summed E-state index contributed by atoms with van der Waals surface area (Å²) in [4.78, 5) is 36.9. The molecule has 2 fully saturated rings. The van der Waals surface area contributed by atoms with Crippen LogP contribution < -0.4 is 4.74 Å². The van der Waals surface area contributed by atoms with Crippen molar-refractivity contribution in [1.29, 1.82) is 0 Å². The number of piperidine rings is 1. The van der Waals surface area contributed by atoms with Crippen LogP contribution in [-0.2, 0) is 9.59 Å². The van der Waals surface area contributed by atoms with Crippen LogP contribution in [0.2, 0.25) is 5.02 Å². The van der Waals surface area contributed by atoms with Crippen LogP contribution in [0.1, 0.15) is 23.7 Å². The van der Waals surface area contributed by atoms with E-state index in [2.05, 4.69) is 0 Å². The minimum atomic E-state index is -1.39. The van der Waals surface area contributed by atoms with Crippen LogP contribution in [0.25, 0.3) is 0 Å². The molecule has 24 heavy (non-hydrogen) atoms. The second-order valence-electron chi connectivity index (χ2n) is 6.19. The molecule has 3 rings (SSSR count). The molecule has 1 aliphatic carbocycles. The van der Waals surface area contributed by atoms with Gasteiger partial charge in [-0.3, -0.25) is 14.4 Å². The molecule has 1 saturated carbocycles. The fourth-order valence-corrected chi connectivity index (χ4v) is 3.76. The van der Waals surface area contributed by atoms with Crippen molar-refractivity contribution in [3.8, 4) is 5.75 Å². The van der Waals surface area contributed by atoms with Gasteiger partial charge in [0.2, 0.25) is 0 Å². The Morgan fingerprint density at radius 1 is 1.21 bits per heavy atom. The van der Waals surface area contributed by atoms with Gasteiger partial charge in [-0.15, -0.1) is 0 Å². The first-order valence-corrected chi connectivity index (χ1v) is 7.83. The molecule has 1 heterocycles. The number of carbonyl (C=O) groups excluding carboxylic acids is 1. The number of carboxylic acids is 2. The molecule has 1 aliphatic heterocycles. The highest BCUT2D eigenvalue weighted by atomic mass is 35.5. The molecule has 7 nitrogen and oxygen atoms in total. The minimum absolute atomic E-state index is 0.0540. The number of ether oxygens (including phenoxy) is 1. The number of carboxylic acid groups (broad SMARTS) is 2. The predicted octanol–water partition coefficient (Wildman–Crippen LogP) is 1.74. The third-order valence-corrected chi connectivity index (χ3v) is 5.20. The smallest absolute Gasteiger partial charge is 0.312 e. The van der Waals surface area contributed by atoms with E-state index in [-0.39, 0.29) is 30.1 Å². The molecule has 2 aliphatic rings. The molecule has 2 atom stereocenters. The maximum Gasteiger partial charge on any atom is 0.312 e. The average molecular weight is 354 g/mol. The van der Waals surface area contributed by atoms with E-state index in [9.17, 15) is 24.6 Å². The van der Waals surface area contributed by atoms with E-state index in [1.54, 1.807) is 6.07 Å². The summed E-state index contributed by atoms with van der Waals surface area (Å²) in [6.07, 6.45) is 0.0540. The van der Waals surface area contributed by atoms with E-state index in [0.29, 0.717) is 12.4 Å². The van der Waals surface area contributed by atoms with Crippen molar-refractivity contribution in [1.82, 2.24) is 4.90 Å². The summed E-state index contributed by atoms with van der Waals surface area (Å²) in [5, 5.41) is 19.1. The molecule has 0 spiro atoms. The third kappa shape index (κ3) is 2.15. The number of nitrogens with zero attached hydrogens (tertiary/aromatic N) is 1. The number of amides is 1. The summed E-state index contributed by atoms with van der Waals surface area (Å²) in [7, 11) is 0. The summed E-state index contributed by atoms with van der Waals surface area (Å²) < 4.78 is 5.30. The summed E-state index contributed by atoms with van der Waals surface area (Å²) in [6.45, 7) is 2.01. The Hall–Kier alpha value is -2.28. The molecular weight excluding hydrogens is 338 g/mol. The SMILES string of the molecule is CCOc1ccc(C(=O)N2C[C@@]3(C(=O)O)C[C@@]3(C(=O)O)C2)cc1Cl. The highest BCUT2D eigenvalue weighted by Crippen LogP contribution is 2.68. The van der Waals surface area contributed by atoms with Crippen LogP contribution in [-0.4, -0.2) is 52.7 Å². The number of rotatable bonds is 5. The topological polar surface area (TPSA) is 104 Å². The largest absolute Gasteiger partial charge is 0.492 e. The lowest BCUT2D eigenvalue weighted by atomic mass is 9.97. The van der Waals surface area contributed by atoms with E-state index in [1.165, 1.54) is 17.0 Å². The van der Waals surface area contributed by atoms with Crippen LogP contribution in [0.15, 0.2) is 18.2 Å². The van der Waals surface area contributed by atoms with Crippen molar-refractivity contribution in [2.24, 2.45) is 10.8 Å². The highest BCUT2D eigenvalue weighted by Gasteiger charge is 2.81. The first kappa shape index (κ1) is 16.6. The Bertz CT molecular complexity index is 722. The zero-order valence-corrected chi connectivity index (χ0v) is 13.7. The molecule has 1 aromatic rings. The van der Waals surface area contributed by atoms with Gasteiger partial charge < -0.3 is 19.8 Å².